The maximum Gasteiger partial charge on any atom is 0.0386 e. The molecule has 1 nitrogen and oxygen atoms in total. The van der Waals surface area contributed by atoms with E-state index in [1.165, 1.54) is 20.9 Å². The highest BCUT2D eigenvalue weighted by atomic mass is 32.1. The fourth-order valence-electron chi connectivity index (χ4n) is 2.49. The summed E-state index contributed by atoms with van der Waals surface area (Å²) in [6, 6.07) is 13.7. The predicted molar refractivity (Wildman–Crippen MR) is 90.5 cm³/mol. The second-order valence-corrected chi connectivity index (χ2v) is 7.39. The first-order chi connectivity index (χ1) is 9.43. The Balaban J connectivity index is 2.38. The van der Waals surface area contributed by atoms with Crippen LogP contribution < -0.4 is 5.32 Å². The average molecular weight is 287 g/mol. The summed E-state index contributed by atoms with van der Waals surface area (Å²) < 4.78 is 0. The van der Waals surface area contributed by atoms with Crippen molar-refractivity contribution < 1.29 is 0 Å². The SMILES string of the molecule is CCNC(C)c1ccc(-c2ccccc2C(C)(C)C)s1. The largest absolute Gasteiger partial charge is 0.310 e. The van der Waals surface area contributed by atoms with Crippen molar-refractivity contribution in [3.8, 4) is 10.4 Å². The number of nitrogens with one attached hydrogen (secondary N) is 1. The van der Waals surface area contributed by atoms with Crippen LogP contribution in [0.15, 0.2) is 36.4 Å². The molecule has 1 aromatic carbocycles. The summed E-state index contributed by atoms with van der Waals surface area (Å²) in [7, 11) is 0. The molecular weight excluding hydrogens is 262 g/mol. The van der Waals surface area contributed by atoms with Crippen LogP contribution in [0, 0.1) is 0 Å². The molecule has 0 bridgehead atoms. The zero-order valence-corrected chi connectivity index (χ0v) is 14.0. The summed E-state index contributed by atoms with van der Waals surface area (Å²) in [5.74, 6) is 0. The van der Waals surface area contributed by atoms with Crippen molar-refractivity contribution in [3.63, 3.8) is 0 Å². The van der Waals surface area contributed by atoms with Gasteiger partial charge in [0.25, 0.3) is 0 Å². The Bertz CT molecular complexity index is 563. The standard InChI is InChI=1S/C18H25NS/c1-6-19-13(2)16-11-12-17(20-16)14-9-7-8-10-15(14)18(3,4)5/h7-13,19H,6H2,1-5H3. The molecule has 0 aliphatic rings. The van der Waals surface area contributed by atoms with E-state index in [2.05, 4.69) is 76.3 Å². The van der Waals surface area contributed by atoms with Crippen molar-refractivity contribution in [2.75, 3.05) is 6.54 Å². The van der Waals surface area contributed by atoms with Crippen LogP contribution in [0.1, 0.15) is 51.1 Å². The van der Waals surface area contributed by atoms with Gasteiger partial charge >= 0.3 is 0 Å². The number of benzene rings is 1. The van der Waals surface area contributed by atoms with Crippen molar-refractivity contribution in [3.05, 3.63) is 46.8 Å². The van der Waals surface area contributed by atoms with Gasteiger partial charge in [-0.15, -0.1) is 11.3 Å². The molecular formula is C18H25NS. The summed E-state index contributed by atoms with van der Waals surface area (Å²) in [6.45, 7) is 12.2. The monoisotopic (exact) mass is 287 g/mol. The minimum Gasteiger partial charge on any atom is -0.310 e. The van der Waals surface area contributed by atoms with Crippen molar-refractivity contribution in [2.24, 2.45) is 0 Å². The van der Waals surface area contributed by atoms with Gasteiger partial charge in [0.15, 0.2) is 0 Å². The molecule has 1 N–H and O–H groups in total. The lowest BCUT2D eigenvalue weighted by atomic mass is 9.83. The van der Waals surface area contributed by atoms with Gasteiger partial charge in [-0.05, 0) is 42.1 Å². The molecule has 1 unspecified atom stereocenters. The zero-order chi connectivity index (χ0) is 14.8. The maximum absolute atomic E-state index is 3.48. The van der Waals surface area contributed by atoms with E-state index in [-0.39, 0.29) is 5.41 Å². The summed E-state index contributed by atoms with van der Waals surface area (Å²) in [4.78, 5) is 2.78. The van der Waals surface area contributed by atoms with Crippen LogP contribution in [0.5, 0.6) is 0 Å². The van der Waals surface area contributed by atoms with E-state index in [4.69, 9.17) is 0 Å². The molecule has 0 saturated heterocycles. The Hall–Kier alpha value is -1.12. The van der Waals surface area contributed by atoms with Gasteiger partial charge in [0.05, 0.1) is 0 Å². The minimum absolute atomic E-state index is 0.175. The summed E-state index contributed by atoms with van der Waals surface area (Å²) in [5, 5.41) is 3.48. The molecule has 0 amide bonds. The van der Waals surface area contributed by atoms with Crippen LogP contribution >= 0.6 is 11.3 Å². The third-order valence-electron chi connectivity index (χ3n) is 3.56. The normalized spacial score (nSPS) is 13.4. The van der Waals surface area contributed by atoms with Crippen LogP contribution in [0.3, 0.4) is 0 Å². The van der Waals surface area contributed by atoms with Crippen LogP contribution in [0.25, 0.3) is 10.4 Å². The number of hydrogen-bond donors (Lipinski definition) is 1. The highest BCUT2D eigenvalue weighted by Gasteiger charge is 2.19. The zero-order valence-electron chi connectivity index (χ0n) is 13.2. The fourth-order valence-corrected chi connectivity index (χ4v) is 3.56. The van der Waals surface area contributed by atoms with E-state index in [9.17, 15) is 0 Å². The molecule has 0 spiro atoms. The third kappa shape index (κ3) is 3.31. The van der Waals surface area contributed by atoms with Gasteiger partial charge in [0.2, 0.25) is 0 Å². The van der Waals surface area contributed by atoms with Gasteiger partial charge in [-0.2, -0.15) is 0 Å². The Kier molecular flexibility index (Phi) is 4.66. The van der Waals surface area contributed by atoms with Gasteiger partial charge in [-0.25, -0.2) is 0 Å². The minimum atomic E-state index is 0.175. The molecule has 1 aromatic heterocycles. The molecule has 0 saturated carbocycles. The van der Waals surface area contributed by atoms with Gasteiger partial charge < -0.3 is 5.32 Å². The van der Waals surface area contributed by atoms with Gasteiger partial charge in [0, 0.05) is 15.8 Å². The first kappa shape index (κ1) is 15.3. The first-order valence-electron chi connectivity index (χ1n) is 7.36. The lowest BCUT2D eigenvalue weighted by Crippen LogP contribution is -2.16. The summed E-state index contributed by atoms with van der Waals surface area (Å²) >= 11 is 1.90. The van der Waals surface area contributed by atoms with E-state index >= 15 is 0 Å². The van der Waals surface area contributed by atoms with E-state index in [0.717, 1.165) is 6.54 Å². The molecule has 1 atom stereocenters. The molecule has 108 valence electrons. The molecule has 0 radical (unpaired) electrons. The van der Waals surface area contributed by atoms with E-state index < -0.39 is 0 Å². The quantitative estimate of drug-likeness (QED) is 0.795. The van der Waals surface area contributed by atoms with Crippen molar-refractivity contribution in [1.82, 2.24) is 5.32 Å². The van der Waals surface area contributed by atoms with Crippen LogP contribution in [0.2, 0.25) is 0 Å². The number of rotatable bonds is 4. The molecule has 2 aromatic rings. The maximum atomic E-state index is 3.48. The van der Waals surface area contributed by atoms with Crippen LogP contribution in [-0.4, -0.2) is 6.54 Å². The van der Waals surface area contributed by atoms with Crippen LogP contribution in [-0.2, 0) is 5.41 Å². The molecule has 2 heteroatoms. The van der Waals surface area contributed by atoms with Crippen molar-refractivity contribution in [2.45, 2.75) is 46.1 Å². The van der Waals surface area contributed by atoms with Gasteiger partial charge in [-0.1, -0.05) is 52.0 Å². The number of hydrogen-bond acceptors (Lipinski definition) is 2. The Morgan fingerprint density at radius 2 is 1.80 bits per heavy atom. The predicted octanol–water partition coefficient (Wildman–Crippen LogP) is 5.38. The lowest BCUT2D eigenvalue weighted by Gasteiger charge is -2.22. The van der Waals surface area contributed by atoms with Crippen LogP contribution in [0.4, 0.5) is 0 Å². The fraction of sp³-hybridized carbons (Fsp3) is 0.444. The Labute approximate surface area is 127 Å². The number of thiophene rings is 1. The second kappa shape index (κ2) is 6.11. The third-order valence-corrected chi connectivity index (χ3v) is 4.87. The molecule has 0 fully saturated rings. The highest BCUT2D eigenvalue weighted by Crippen LogP contribution is 2.37. The van der Waals surface area contributed by atoms with E-state index in [1.807, 2.05) is 11.3 Å². The second-order valence-electron chi connectivity index (χ2n) is 6.28. The molecule has 20 heavy (non-hydrogen) atoms. The molecule has 1 heterocycles. The van der Waals surface area contributed by atoms with Gasteiger partial charge in [0.1, 0.15) is 0 Å². The first-order valence-corrected chi connectivity index (χ1v) is 8.18. The lowest BCUT2D eigenvalue weighted by molar-refractivity contribution is 0.592. The molecule has 0 aliphatic heterocycles. The highest BCUT2D eigenvalue weighted by molar-refractivity contribution is 7.15. The Morgan fingerprint density at radius 1 is 1.10 bits per heavy atom. The average Bonchev–Trinajstić information content (AvgIpc) is 2.87. The van der Waals surface area contributed by atoms with Gasteiger partial charge in [-0.3, -0.25) is 0 Å². The van der Waals surface area contributed by atoms with Crippen molar-refractivity contribution >= 4 is 11.3 Å². The van der Waals surface area contributed by atoms with E-state index in [0.29, 0.717) is 6.04 Å². The summed E-state index contributed by atoms with van der Waals surface area (Å²) in [6.07, 6.45) is 0. The van der Waals surface area contributed by atoms with Crippen molar-refractivity contribution in [1.29, 1.82) is 0 Å². The smallest absolute Gasteiger partial charge is 0.0386 e. The molecule has 2 rings (SSSR count). The molecule has 0 aliphatic carbocycles. The summed E-state index contributed by atoms with van der Waals surface area (Å²) in [5.41, 5.74) is 2.97. The topological polar surface area (TPSA) is 12.0 Å². The Morgan fingerprint density at radius 3 is 2.45 bits per heavy atom. The van der Waals surface area contributed by atoms with E-state index in [1.54, 1.807) is 0 Å².